The van der Waals surface area contributed by atoms with Crippen molar-refractivity contribution in [1.29, 1.82) is 0 Å². The zero-order valence-corrected chi connectivity index (χ0v) is 20.7. The molecule has 0 unspecified atom stereocenters. The van der Waals surface area contributed by atoms with E-state index in [0.29, 0.717) is 17.6 Å². The first-order valence-corrected chi connectivity index (χ1v) is 12.4. The molecule has 5 rings (SSSR count). The molecule has 0 bridgehead atoms. The van der Waals surface area contributed by atoms with Crippen LogP contribution in [0.4, 0.5) is 0 Å². The maximum absolute atomic E-state index is 6.53. The van der Waals surface area contributed by atoms with Gasteiger partial charge in [-0.25, -0.2) is 9.67 Å². The third kappa shape index (κ3) is 4.08. The van der Waals surface area contributed by atoms with E-state index in [4.69, 9.17) is 21.4 Å². The maximum atomic E-state index is 6.53. The fourth-order valence-corrected chi connectivity index (χ4v) is 5.05. The third-order valence-electron chi connectivity index (χ3n) is 6.41. The number of halogens is 1. The summed E-state index contributed by atoms with van der Waals surface area (Å²) in [7, 11) is 0. The van der Waals surface area contributed by atoms with Crippen molar-refractivity contribution in [3.8, 4) is 5.88 Å². The number of fused-ring (bicyclic) bond motifs is 1. The van der Waals surface area contributed by atoms with Crippen molar-refractivity contribution in [2.24, 2.45) is 0 Å². The normalized spacial score (nSPS) is 11.6. The number of hydrogen-bond acceptors (Lipinski definition) is 3. The van der Waals surface area contributed by atoms with Crippen molar-refractivity contribution >= 4 is 22.5 Å². The van der Waals surface area contributed by atoms with Crippen LogP contribution in [0.15, 0.2) is 97.1 Å². The van der Waals surface area contributed by atoms with Crippen LogP contribution in [-0.4, -0.2) is 21.4 Å². The summed E-state index contributed by atoms with van der Waals surface area (Å²) >= 11 is 6.53. The van der Waals surface area contributed by atoms with Crippen LogP contribution in [0, 0.1) is 6.92 Å². The Hall–Kier alpha value is -3.63. The second kappa shape index (κ2) is 9.93. The topological polar surface area (TPSA) is 39.9 Å². The largest absolute Gasteiger partial charge is 0.476 e. The number of unbranched alkanes of at least 4 members (excludes halogenated alkanes) is 1. The molecule has 0 atom stereocenters. The van der Waals surface area contributed by atoms with Gasteiger partial charge in [0, 0.05) is 6.07 Å². The lowest BCUT2D eigenvalue weighted by Gasteiger charge is -2.36. The van der Waals surface area contributed by atoms with E-state index in [-0.39, 0.29) is 0 Å². The minimum Gasteiger partial charge on any atom is -0.476 e. The van der Waals surface area contributed by atoms with Crippen LogP contribution in [0.3, 0.4) is 0 Å². The van der Waals surface area contributed by atoms with Gasteiger partial charge in [-0.2, -0.15) is 0 Å². The van der Waals surface area contributed by atoms with E-state index in [2.05, 4.69) is 89.4 Å². The van der Waals surface area contributed by atoms with Crippen molar-refractivity contribution in [2.75, 3.05) is 6.61 Å². The number of ether oxygens (including phenoxy) is 1. The van der Waals surface area contributed by atoms with Crippen LogP contribution in [0.2, 0.25) is 5.15 Å². The summed E-state index contributed by atoms with van der Waals surface area (Å²) in [6, 6.07) is 33.3. The van der Waals surface area contributed by atoms with Crippen LogP contribution >= 0.6 is 11.6 Å². The molecule has 3 aromatic carbocycles. The van der Waals surface area contributed by atoms with E-state index >= 15 is 0 Å². The zero-order valence-electron chi connectivity index (χ0n) is 20.0. The lowest BCUT2D eigenvalue weighted by Crippen LogP contribution is -2.38. The Labute approximate surface area is 211 Å². The highest BCUT2D eigenvalue weighted by Crippen LogP contribution is 2.44. The van der Waals surface area contributed by atoms with Crippen molar-refractivity contribution in [3.05, 3.63) is 125 Å². The lowest BCUT2D eigenvalue weighted by molar-refractivity contribution is 0.292. The average molecular weight is 482 g/mol. The number of aryl methyl sites for hydroxylation is 1. The van der Waals surface area contributed by atoms with Gasteiger partial charge in [0.1, 0.15) is 10.7 Å². The summed E-state index contributed by atoms with van der Waals surface area (Å²) in [4.78, 5) is 4.54. The molecule has 0 radical (unpaired) electrons. The second-order valence-electron chi connectivity index (χ2n) is 8.65. The molecule has 0 aliphatic carbocycles. The quantitative estimate of drug-likeness (QED) is 0.131. The molecule has 0 spiro atoms. The van der Waals surface area contributed by atoms with Crippen molar-refractivity contribution in [3.63, 3.8) is 0 Å². The standard InChI is InChI=1S/C30H28ClN3O/c1-3-4-20-35-29-28-22(2)32-27(31)21-26(28)34(33-29)30(23-14-8-5-9-15-23,24-16-10-6-11-17-24)25-18-12-7-13-19-25/h5-19,21H,3-4,20H2,1-2H3. The van der Waals surface area contributed by atoms with Gasteiger partial charge < -0.3 is 4.74 Å². The zero-order chi connectivity index (χ0) is 24.3. The van der Waals surface area contributed by atoms with Crippen LogP contribution in [0.1, 0.15) is 42.1 Å². The van der Waals surface area contributed by atoms with E-state index < -0.39 is 5.54 Å². The Morgan fingerprint density at radius 1 is 0.829 bits per heavy atom. The van der Waals surface area contributed by atoms with Crippen LogP contribution < -0.4 is 4.74 Å². The molecule has 0 amide bonds. The highest BCUT2D eigenvalue weighted by molar-refractivity contribution is 6.30. The van der Waals surface area contributed by atoms with E-state index in [1.165, 1.54) is 0 Å². The molecule has 5 aromatic rings. The van der Waals surface area contributed by atoms with Crippen molar-refractivity contribution < 1.29 is 4.74 Å². The number of pyridine rings is 1. The third-order valence-corrected chi connectivity index (χ3v) is 6.60. The Bertz CT molecular complexity index is 1320. The van der Waals surface area contributed by atoms with Gasteiger partial charge in [-0.1, -0.05) is 116 Å². The van der Waals surface area contributed by atoms with Gasteiger partial charge in [0.25, 0.3) is 0 Å². The minimum atomic E-state index is -0.758. The minimum absolute atomic E-state index is 0.430. The molecule has 0 aliphatic rings. The summed E-state index contributed by atoms with van der Waals surface area (Å²) < 4.78 is 8.32. The Morgan fingerprint density at radius 2 is 1.34 bits per heavy atom. The summed E-state index contributed by atoms with van der Waals surface area (Å²) in [6.45, 7) is 4.71. The highest BCUT2D eigenvalue weighted by atomic mass is 35.5. The lowest BCUT2D eigenvalue weighted by atomic mass is 9.77. The number of aromatic nitrogens is 3. The van der Waals surface area contributed by atoms with E-state index in [1.54, 1.807) is 0 Å². The first kappa shape index (κ1) is 23.1. The SMILES string of the molecule is CCCCOc1nn(C(c2ccccc2)(c2ccccc2)c2ccccc2)c2cc(Cl)nc(C)c12. The Balaban J connectivity index is 1.93. The molecule has 5 heteroatoms. The molecule has 0 N–H and O–H groups in total. The monoisotopic (exact) mass is 481 g/mol. The van der Waals surface area contributed by atoms with Crippen LogP contribution in [0.5, 0.6) is 5.88 Å². The first-order valence-electron chi connectivity index (χ1n) is 12.0. The number of nitrogens with zero attached hydrogens (tertiary/aromatic N) is 3. The summed E-state index contributed by atoms with van der Waals surface area (Å²) in [5.74, 6) is 0.585. The van der Waals surface area contributed by atoms with Gasteiger partial charge in [0.2, 0.25) is 5.88 Å². The second-order valence-corrected chi connectivity index (χ2v) is 9.04. The Kier molecular flexibility index (Phi) is 6.56. The first-order chi connectivity index (χ1) is 17.2. The number of hydrogen-bond donors (Lipinski definition) is 0. The molecule has 0 aliphatic heterocycles. The molecule has 2 heterocycles. The van der Waals surface area contributed by atoms with E-state index in [1.807, 2.05) is 31.2 Å². The fraction of sp³-hybridized carbons (Fsp3) is 0.200. The van der Waals surface area contributed by atoms with Gasteiger partial charge in [-0.15, -0.1) is 5.10 Å². The van der Waals surface area contributed by atoms with Crippen LogP contribution in [-0.2, 0) is 5.54 Å². The molecule has 4 nitrogen and oxygen atoms in total. The molecular weight excluding hydrogens is 454 g/mol. The van der Waals surface area contributed by atoms with Gasteiger partial charge in [0.15, 0.2) is 0 Å². The van der Waals surface area contributed by atoms with E-state index in [0.717, 1.165) is 46.1 Å². The molecule has 0 saturated heterocycles. The van der Waals surface area contributed by atoms with Crippen molar-refractivity contribution in [2.45, 2.75) is 32.2 Å². The molecule has 0 fully saturated rings. The Morgan fingerprint density at radius 3 is 1.83 bits per heavy atom. The summed E-state index contributed by atoms with van der Waals surface area (Å²) in [6.07, 6.45) is 2.00. The van der Waals surface area contributed by atoms with Crippen molar-refractivity contribution in [1.82, 2.24) is 14.8 Å². The summed E-state index contributed by atoms with van der Waals surface area (Å²) in [5, 5.41) is 6.48. The van der Waals surface area contributed by atoms with Gasteiger partial charge in [-0.3, -0.25) is 0 Å². The molecule has 35 heavy (non-hydrogen) atoms. The number of benzene rings is 3. The van der Waals surface area contributed by atoms with E-state index in [9.17, 15) is 0 Å². The predicted molar refractivity (Wildman–Crippen MR) is 142 cm³/mol. The number of rotatable bonds is 8. The van der Waals surface area contributed by atoms with Gasteiger partial charge >= 0.3 is 0 Å². The maximum Gasteiger partial charge on any atom is 0.242 e. The smallest absolute Gasteiger partial charge is 0.242 e. The molecule has 0 saturated carbocycles. The average Bonchev–Trinajstić information content (AvgIpc) is 3.25. The van der Waals surface area contributed by atoms with Crippen LogP contribution in [0.25, 0.3) is 10.9 Å². The van der Waals surface area contributed by atoms with Gasteiger partial charge in [-0.05, 0) is 30.0 Å². The fourth-order valence-electron chi connectivity index (χ4n) is 4.82. The summed E-state index contributed by atoms with van der Waals surface area (Å²) in [5.41, 5.74) is 4.19. The highest BCUT2D eigenvalue weighted by Gasteiger charge is 2.41. The molecule has 2 aromatic heterocycles. The molecular formula is C30H28ClN3O. The predicted octanol–water partition coefficient (Wildman–Crippen LogP) is 7.41. The van der Waals surface area contributed by atoms with Gasteiger partial charge in [0.05, 0.1) is 23.2 Å². The molecule has 176 valence electrons.